The first-order valence-electron chi connectivity index (χ1n) is 5.45. The zero-order valence-electron chi connectivity index (χ0n) is 9.57. The van der Waals surface area contributed by atoms with E-state index in [0.29, 0.717) is 16.7 Å². The number of aromatic nitrogens is 2. The fourth-order valence-electron chi connectivity index (χ4n) is 1.95. The third-order valence-corrected chi connectivity index (χ3v) is 3.10. The number of anilines is 1. The molecule has 0 saturated heterocycles. The number of nitrogens with two attached hydrogens (primary N) is 1. The summed E-state index contributed by atoms with van der Waals surface area (Å²) in [5.41, 5.74) is 7.37. The Balaban J connectivity index is 2.31. The summed E-state index contributed by atoms with van der Waals surface area (Å²) < 4.78 is 28.0. The smallest absolute Gasteiger partial charge is 0.205 e. The number of fused-ring (bicyclic) bond motifs is 1. The van der Waals surface area contributed by atoms with Crippen LogP contribution in [0.2, 0.25) is 5.02 Å². The third kappa shape index (κ3) is 1.92. The van der Waals surface area contributed by atoms with Crippen molar-refractivity contribution in [2.45, 2.75) is 0 Å². The van der Waals surface area contributed by atoms with Crippen LogP contribution in [-0.4, -0.2) is 9.55 Å². The quantitative estimate of drug-likeness (QED) is 0.740. The van der Waals surface area contributed by atoms with Crippen molar-refractivity contribution < 1.29 is 8.78 Å². The predicted molar refractivity (Wildman–Crippen MR) is 70.4 cm³/mol. The van der Waals surface area contributed by atoms with E-state index in [4.69, 9.17) is 17.3 Å². The summed E-state index contributed by atoms with van der Waals surface area (Å²) in [5.74, 6) is -0.735. The van der Waals surface area contributed by atoms with E-state index in [-0.39, 0.29) is 16.8 Å². The molecule has 0 fully saturated rings. The Kier molecular flexibility index (Phi) is 2.64. The molecule has 0 spiro atoms. The first-order chi connectivity index (χ1) is 9.06. The molecule has 3 rings (SSSR count). The molecule has 3 nitrogen and oxygen atoms in total. The lowest BCUT2D eigenvalue weighted by atomic mass is 10.2. The first-order valence-corrected chi connectivity index (χ1v) is 5.83. The lowest BCUT2D eigenvalue weighted by Gasteiger charge is -2.06. The zero-order valence-corrected chi connectivity index (χ0v) is 10.3. The molecule has 0 saturated carbocycles. The molecule has 3 aromatic rings. The Morgan fingerprint density at radius 3 is 2.47 bits per heavy atom. The van der Waals surface area contributed by atoms with E-state index in [9.17, 15) is 8.78 Å². The highest BCUT2D eigenvalue weighted by Crippen LogP contribution is 2.27. The Labute approximate surface area is 112 Å². The fraction of sp³-hybridized carbons (Fsp3) is 0. The first kappa shape index (κ1) is 11.9. The lowest BCUT2D eigenvalue weighted by Crippen LogP contribution is -2.00. The maximum absolute atomic E-state index is 13.5. The normalized spacial score (nSPS) is 11.1. The maximum Gasteiger partial charge on any atom is 0.205 e. The molecule has 96 valence electrons. The Morgan fingerprint density at radius 1 is 1.11 bits per heavy atom. The van der Waals surface area contributed by atoms with E-state index >= 15 is 0 Å². The summed E-state index contributed by atoms with van der Waals surface area (Å²) in [6.07, 6.45) is 0. The third-order valence-electron chi connectivity index (χ3n) is 2.81. The van der Waals surface area contributed by atoms with Crippen LogP contribution in [0.15, 0.2) is 36.4 Å². The molecular formula is C13H8ClF2N3. The molecule has 1 heterocycles. The molecule has 0 unspecified atom stereocenters. The van der Waals surface area contributed by atoms with Gasteiger partial charge in [-0.3, -0.25) is 4.57 Å². The van der Waals surface area contributed by atoms with Crippen molar-refractivity contribution in [3.63, 3.8) is 0 Å². The molecule has 19 heavy (non-hydrogen) atoms. The summed E-state index contributed by atoms with van der Waals surface area (Å²) in [7, 11) is 0. The van der Waals surface area contributed by atoms with Gasteiger partial charge in [-0.2, -0.15) is 0 Å². The standard InChI is InChI=1S/C13H8ClF2N3/c14-9-5-11-12(6-10(9)16)19(13(17)18-11)8-3-1-7(15)2-4-8/h1-6H,(H2,17,18). The largest absolute Gasteiger partial charge is 0.369 e. The predicted octanol–water partition coefficient (Wildman–Crippen LogP) is 3.54. The van der Waals surface area contributed by atoms with Gasteiger partial charge >= 0.3 is 0 Å². The number of imidazole rings is 1. The SMILES string of the molecule is Nc1nc2cc(Cl)c(F)cc2n1-c1ccc(F)cc1. The number of nitrogens with zero attached hydrogens (tertiary/aromatic N) is 2. The molecule has 1 aromatic heterocycles. The van der Waals surface area contributed by atoms with Crippen LogP contribution in [-0.2, 0) is 0 Å². The van der Waals surface area contributed by atoms with Gasteiger partial charge in [0.2, 0.25) is 5.95 Å². The van der Waals surface area contributed by atoms with E-state index < -0.39 is 5.82 Å². The van der Waals surface area contributed by atoms with Crippen LogP contribution in [0.1, 0.15) is 0 Å². The molecule has 2 N–H and O–H groups in total. The van der Waals surface area contributed by atoms with Gasteiger partial charge in [0.25, 0.3) is 0 Å². The van der Waals surface area contributed by atoms with E-state index in [1.54, 1.807) is 12.1 Å². The van der Waals surface area contributed by atoms with Crippen molar-refractivity contribution in [1.82, 2.24) is 9.55 Å². The monoisotopic (exact) mass is 279 g/mol. The van der Waals surface area contributed by atoms with Crippen molar-refractivity contribution in [3.8, 4) is 5.69 Å². The van der Waals surface area contributed by atoms with E-state index in [1.807, 2.05) is 0 Å². The van der Waals surface area contributed by atoms with Crippen LogP contribution < -0.4 is 5.73 Å². The Morgan fingerprint density at radius 2 is 1.79 bits per heavy atom. The molecule has 2 aromatic carbocycles. The minimum absolute atomic E-state index is 0.0174. The van der Waals surface area contributed by atoms with Gasteiger partial charge in [-0.25, -0.2) is 13.8 Å². The molecule has 0 aliphatic carbocycles. The van der Waals surface area contributed by atoms with Crippen LogP contribution >= 0.6 is 11.6 Å². The van der Waals surface area contributed by atoms with Crippen LogP contribution in [0.25, 0.3) is 16.7 Å². The van der Waals surface area contributed by atoms with Gasteiger partial charge in [0, 0.05) is 11.8 Å². The average molecular weight is 280 g/mol. The highest BCUT2D eigenvalue weighted by molar-refractivity contribution is 6.31. The summed E-state index contributed by atoms with van der Waals surface area (Å²) in [5, 5.41) is -0.0174. The van der Waals surface area contributed by atoms with Crippen LogP contribution in [0, 0.1) is 11.6 Å². The summed E-state index contributed by atoms with van der Waals surface area (Å²) in [6.45, 7) is 0. The molecule has 0 amide bonds. The van der Waals surface area contributed by atoms with Crippen LogP contribution in [0.5, 0.6) is 0 Å². The van der Waals surface area contributed by atoms with E-state index in [2.05, 4.69) is 4.98 Å². The highest BCUT2D eigenvalue weighted by atomic mass is 35.5. The van der Waals surface area contributed by atoms with Crippen LogP contribution in [0.4, 0.5) is 14.7 Å². The minimum atomic E-state index is -0.558. The van der Waals surface area contributed by atoms with Crippen molar-refractivity contribution in [2.75, 3.05) is 5.73 Å². The van der Waals surface area contributed by atoms with Crippen molar-refractivity contribution in [2.24, 2.45) is 0 Å². The van der Waals surface area contributed by atoms with Crippen LogP contribution in [0.3, 0.4) is 0 Å². The second-order valence-electron chi connectivity index (χ2n) is 4.04. The van der Waals surface area contributed by atoms with Gasteiger partial charge in [-0.1, -0.05) is 11.6 Å². The summed E-state index contributed by atoms with van der Waals surface area (Å²) >= 11 is 5.70. The highest BCUT2D eigenvalue weighted by Gasteiger charge is 2.13. The Hall–Kier alpha value is -2.14. The van der Waals surface area contributed by atoms with Crippen molar-refractivity contribution >= 4 is 28.6 Å². The van der Waals surface area contributed by atoms with E-state index in [1.165, 1.54) is 28.8 Å². The van der Waals surface area contributed by atoms with Crippen molar-refractivity contribution in [3.05, 3.63) is 53.1 Å². The van der Waals surface area contributed by atoms with Gasteiger partial charge in [-0.15, -0.1) is 0 Å². The topological polar surface area (TPSA) is 43.8 Å². The number of hydrogen-bond donors (Lipinski definition) is 1. The molecular weight excluding hydrogens is 272 g/mol. The van der Waals surface area contributed by atoms with Gasteiger partial charge in [0.1, 0.15) is 11.6 Å². The number of benzene rings is 2. The number of hydrogen-bond acceptors (Lipinski definition) is 2. The maximum atomic E-state index is 13.5. The zero-order chi connectivity index (χ0) is 13.6. The molecule has 0 aliphatic rings. The van der Waals surface area contributed by atoms with Crippen molar-refractivity contribution in [1.29, 1.82) is 0 Å². The number of rotatable bonds is 1. The molecule has 6 heteroatoms. The summed E-state index contributed by atoms with van der Waals surface area (Å²) in [4.78, 5) is 4.11. The molecule has 0 bridgehead atoms. The van der Waals surface area contributed by atoms with Gasteiger partial charge < -0.3 is 5.73 Å². The average Bonchev–Trinajstić information content (AvgIpc) is 2.67. The second-order valence-corrected chi connectivity index (χ2v) is 4.44. The van der Waals surface area contributed by atoms with Gasteiger partial charge in [0.05, 0.1) is 16.1 Å². The fourth-order valence-corrected chi connectivity index (χ4v) is 2.11. The molecule has 0 radical (unpaired) electrons. The number of nitrogen functional groups attached to an aromatic ring is 1. The van der Waals surface area contributed by atoms with Gasteiger partial charge in [-0.05, 0) is 30.3 Å². The number of halogens is 3. The van der Waals surface area contributed by atoms with Gasteiger partial charge in [0.15, 0.2) is 0 Å². The second kappa shape index (κ2) is 4.20. The van der Waals surface area contributed by atoms with E-state index in [0.717, 1.165) is 0 Å². The molecule has 0 aliphatic heterocycles. The summed E-state index contributed by atoms with van der Waals surface area (Å²) in [6, 6.07) is 8.34. The molecule has 0 atom stereocenters. The Bertz CT molecular complexity index is 766. The minimum Gasteiger partial charge on any atom is -0.369 e. The lowest BCUT2D eigenvalue weighted by molar-refractivity contribution is 0.627.